The highest BCUT2D eigenvalue weighted by Gasteiger charge is 2.00. The number of hydrogen-bond acceptors (Lipinski definition) is 4. The van der Waals surface area contributed by atoms with E-state index in [0.29, 0.717) is 0 Å². The van der Waals surface area contributed by atoms with Crippen LogP contribution >= 0.6 is 22.9 Å². The second kappa shape index (κ2) is 5.38. The molecule has 0 fully saturated rings. The van der Waals surface area contributed by atoms with Crippen molar-refractivity contribution < 1.29 is 0 Å². The average molecular weight is 268 g/mol. The Labute approximate surface area is 110 Å². The number of nitrogen functional groups attached to an aromatic ring is 1. The Kier molecular flexibility index (Phi) is 3.86. The predicted molar refractivity (Wildman–Crippen MR) is 74.9 cm³/mol. The lowest BCUT2D eigenvalue weighted by Gasteiger charge is -2.06. The molecule has 0 amide bonds. The number of nitrogens with zero attached hydrogens (tertiary/aromatic N) is 1. The molecule has 0 unspecified atom stereocenters. The van der Waals surface area contributed by atoms with Crippen molar-refractivity contribution in [2.75, 3.05) is 17.6 Å². The van der Waals surface area contributed by atoms with Crippen LogP contribution in [0.25, 0.3) is 0 Å². The van der Waals surface area contributed by atoms with Crippen molar-refractivity contribution in [2.45, 2.75) is 13.3 Å². The monoisotopic (exact) mass is 267 g/mol. The van der Waals surface area contributed by atoms with Gasteiger partial charge in [0.05, 0.1) is 15.7 Å². The second-order valence-electron chi connectivity index (χ2n) is 3.75. The third-order valence-electron chi connectivity index (χ3n) is 2.43. The summed E-state index contributed by atoms with van der Waals surface area (Å²) in [5, 5.41) is 3.27. The summed E-state index contributed by atoms with van der Waals surface area (Å²) < 4.78 is 0.835. The zero-order valence-corrected chi connectivity index (χ0v) is 11.1. The maximum absolute atomic E-state index is 5.87. The Balaban J connectivity index is 1.87. The van der Waals surface area contributed by atoms with Crippen molar-refractivity contribution in [3.63, 3.8) is 0 Å². The van der Waals surface area contributed by atoms with Gasteiger partial charge >= 0.3 is 0 Å². The number of thiophene rings is 1. The summed E-state index contributed by atoms with van der Waals surface area (Å²) in [7, 11) is 0. The van der Waals surface area contributed by atoms with E-state index >= 15 is 0 Å². The molecular formula is C12H14ClN3S. The lowest BCUT2D eigenvalue weighted by Crippen LogP contribution is -2.06. The van der Waals surface area contributed by atoms with Gasteiger partial charge in [-0.25, -0.2) is 4.98 Å². The minimum Gasteiger partial charge on any atom is -0.397 e. The van der Waals surface area contributed by atoms with E-state index in [1.54, 1.807) is 11.3 Å². The van der Waals surface area contributed by atoms with Crippen LogP contribution in [0.4, 0.5) is 11.5 Å². The molecular weight excluding hydrogens is 254 g/mol. The number of halogens is 1. The smallest absolute Gasteiger partial charge is 0.126 e. The molecule has 2 aromatic heterocycles. The van der Waals surface area contributed by atoms with Gasteiger partial charge in [0, 0.05) is 11.4 Å². The van der Waals surface area contributed by atoms with E-state index in [9.17, 15) is 0 Å². The summed E-state index contributed by atoms with van der Waals surface area (Å²) in [6.45, 7) is 2.74. The van der Waals surface area contributed by atoms with E-state index in [4.69, 9.17) is 17.3 Å². The van der Waals surface area contributed by atoms with Gasteiger partial charge in [0.1, 0.15) is 5.82 Å². The van der Waals surface area contributed by atoms with Crippen molar-refractivity contribution in [3.8, 4) is 0 Å². The number of nitrogens with two attached hydrogens (primary N) is 1. The Morgan fingerprint density at radius 2 is 2.18 bits per heavy atom. The molecule has 2 heterocycles. The fourth-order valence-electron chi connectivity index (χ4n) is 1.47. The first-order valence-electron chi connectivity index (χ1n) is 5.36. The molecule has 0 aliphatic rings. The van der Waals surface area contributed by atoms with Crippen molar-refractivity contribution in [1.82, 2.24) is 4.98 Å². The number of rotatable bonds is 4. The van der Waals surface area contributed by atoms with Crippen LogP contribution in [0.3, 0.4) is 0 Å². The molecule has 0 radical (unpaired) electrons. The van der Waals surface area contributed by atoms with E-state index in [1.165, 1.54) is 4.88 Å². The van der Waals surface area contributed by atoms with Crippen LogP contribution in [0.2, 0.25) is 4.34 Å². The van der Waals surface area contributed by atoms with Crippen molar-refractivity contribution in [1.29, 1.82) is 0 Å². The van der Waals surface area contributed by atoms with E-state index < -0.39 is 0 Å². The van der Waals surface area contributed by atoms with Crippen molar-refractivity contribution in [2.24, 2.45) is 0 Å². The quantitative estimate of drug-likeness (QED) is 0.893. The molecule has 17 heavy (non-hydrogen) atoms. The van der Waals surface area contributed by atoms with E-state index in [2.05, 4.69) is 16.4 Å². The van der Waals surface area contributed by atoms with Crippen LogP contribution in [-0.2, 0) is 6.42 Å². The highest BCUT2D eigenvalue weighted by molar-refractivity contribution is 7.16. The van der Waals surface area contributed by atoms with E-state index in [-0.39, 0.29) is 0 Å². The highest BCUT2D eigenvalue weighted by Crippen LogP contribution is 2.21. The minimum atomic E-state index is 0.723. The Morgan fingerprint density at radius 3 is 2.82 bits per heavy atom. The Bertz CT molecular complexity index is 510. The molecule has 0 saturated carbocycles. The fraction of sp³-hybridized carbons (Fsp3) is 0.250. The molecule has 0 aliphatic heterocycles. The van der Waals surface area contributed by atoms with Gasteiger partial charge < -0.3 is 11.1 Å². The molecule has 0 saturated heterocycles. The fourth-order valence-corrected chi connectivity index (χ4v) is 2.56. The van der Waals surface area contributed by atoms with Gasteiger partial charge in [-0.3, -0.25) is 0 Å². The summed E-state index contributed by atoms with van der Waals surface area (Å²) in [5.41, 5.74) is 7.29. The SMILES string of the molecule is Cc1nc(NCCc2ccc(Cl)s2)ccc1N. The first-order valence-corrected chi connectivity index (χ1v) is 6.56. The van der Waals surface area contributed by atoms with E-state index in [1.807, 2.05) is 25.1 Å². The summed E-state index contributed by atoms with van der Waals surface area (Å²) in [5.74, 6) is 0.861. The topological polar surface area (TPSA) is 50.9 Å². The highest BCUT2D eigenvalue weighted by atomic mass is 35.5. The first kappa shape index (κ1) is 12.2. The van der Waals surface area contributed by atoms with Crippen LogP contribution in [0, 0.1) is 6.92 Å². The lowest BCUT2D eigenvalue weighted by molar-refractivity contribution is 1.02. The molecule has 2 rings (SSSR count). The zero-order valence-electron chi connectivity index (χ0n) is 9.53. The van der Waals surface area contributed by atoms with Gasteiger partial charge in [-0.05, 0) is 37.6 Å². The molecule has 90 valence electrons. The molecule has 0 bridgehead atoms. The Morgan fingerprint density at radius 1 is 1.35 bits per heavy atom. The third-order valence-corrected chi connectivity index (χ3v) is 3.72. The lowest BCUT2D eigenvalue weighted by atomic mass is 10.3. The summed E-state index contributed by atoms with van der Waals surface area (Å²) in [4.78, 5) is 5.62. The van der Waals surface area contributed by atoms with Crippen LogP contribution < -0.4 is 11.1 Å². The first-order chi connectivity index (χ1) is 8.15. The number of aromatic nitrogens is 1. The Hall–Kier alpha value is -1.26. The molecule has 0 atom stereocenters. The van der Waals surface area contributed by atoms with Gasteiger partial charge in [-0.1, -0.05) is 11.6 Å². The predicted octanol–water partition coefficient (Wildman–Crippen LogP) is 3.34. The van der Waals surface area contributed by atoms with Crippen molar-refractivity contribution >= 4 is 34.4 Å². The maximum atomic E-state index is 5.87. The number of nitrogens with one attached hydrogen (secondary N) is 1. The van der Waals surface area contributed by atoms with Crippen LogP contribution in [0.5, 0.6) is 0 Å². The van der Waals surface area contributed by atoms with Crippen LogP contribution in [-0.4, -0.2) is 11.5 Å². The van der Waals surface area contributed by atoms with Gasteiger partial charge in [-0.2, -0.15) is 0 Å². The van der Waals surface area contributed by atoms with Crippen LogP contribution in [0.1, 0.15) is 10.6 Å². The van der Waals surface area contributed by atoms with Gasteiger partial charge in [0.15, 0.2) is 0 Å². The van der Waals surface area contributed by atoms with Gasteiger partial charge in [-0.15, -0.1) is 11.3 Å². The normalized spacial score (nSPS) is 10.5. The van der Waals surface area contributed by atoms with E-state index in [0.717, 1.165) is 34.5 Å². The zero-order chi connectivity index (χ0) is 12.3. The largest absolute Gasteiger partial charge is 0.397 e. The number of aryl methyl sites for hydroxylation is 1. The minimum absolute atomic E-state index is 0.723. The molecule has 0 spiro atoms. The summed E-state index contributed by atoms with van der Waals surface area (Å²) >= 11 is 7.48. The summed E-state index contributed by atoms with van der Waals surface area (Å²) in [6.07, 6.45) is 0.947. The standard InChI is InChI=1S/C12H14ClN3S/c1-8-10(14)3-5-12(16-8)15-7-6-9-2-4-11(13)17-9/h2-5H,6-7,14H2,1H3,(H,15,16). The molecule has 3 nitrogen and oxygen atoms in total. The van der Waals surface area contributed by atoms with Gasteiger partial charge in [0.25, 0.3) is 0 Å². The third kappa shape index (κ3) is 3.35. The molecule has 0 aromatic carbocycles. The van der Waals surface area contributed by atoms with Crippen molar-refractivity contribution in [3.05, 3.63) is 39.2 Å². The number of hydrogen-bond donors (Lipinski definition) is 2. The number of anilines is 2. The molecule has 3 N–H and O–H groups in total. The van der Waals surface area contributed by atoms with Gasteiger partial charge in [0.2, 0.25) is 0 Å². The average Bonchev–Trinajstić information content (AvgIpc) is 2.70. The summed E-state index contributed by atoms with van der Waals surface area (Å²) in [6, 6.07) is 7.74. The second-order valence-corrected chi connectivity index (χ2v) is 5.55. The molecule has 2 aromatic rings. The molecule has 5 heteroatoms. The maximum Gasteiger partial charge on any atom is 0.126 e. The number of pyridine rings is 1. The van der Waals surface area contributed by atoms with Crippen LogP contribution in [0.15, 0.2) is 24.3 Å². The molecule has 0 aliphatic carbocycles.